The topological polar surface area (TPSA) is 29.1 Å². The third-order valence-electron chi connectivity index (χ3n) is 3.80. The minimum Gasteiger partial charge on any atom is -0.347 e. The number of nitrogens with one attached hydrogen (secondary N) is 1. The van der Waals surface area contributed by atoms with Crippen molar-refractivity contribution in [2.75, 3.05) is 0 Å². The van der Waals surface area contributed by atoms with Gasteiger partial charge in [0.1, 0.15) is 0 Å². The van der Waals surface area contributed by atoms with Crippen molar-refractivity contribution in [2.24, 2.45) is 0 Å². The maximum atomic E-state index is 12.7. The average Bonchev–Trinajstić information content (AvgIpc) is 2.74. The maximum Gasteiger partial charge on any atom is 0.258 e. The number of hydrogen-bond acceptors (Lipinski definition) is 3. The van der Waals surface area contributed by atoms with Crippen molar-refractivity contribution in [3.05, 3.63) is 112 Å². The smallest absolute Gasteiger partial charge is 0.258 e. The van der Waals surface area contributed by atoms with E-state index in [0.717, 1.165) is 21.1 Å². The molecule has 1 amide bonds. The molecular formula is C23H21NOS2. The van der Waals surface area contributed by atoms with Crippen LogP contribution in [0.4, 0.5) is 0 Å². The van der Waals surface area contributed by atoms with Crippen LogP contribution in [0.5, 0.6) is 0 Å². The zero-order valence-electron chi connectivity index (χ0n) is 14.9. The first kappa shape index (κ1) is 19.3. The van der Waals surface area contributed by atoms with Crippen molar-refractivity contribution in [3.63, 3.8) is 0 Å². The van der Waals surface area contributed by atoms with Gasteiger partial charge in [0.2, 0.25) is 0 Å². The van der Waals surface area contributed by atoms with Crippen LogP contribution in [0.1, 0.15) is 11.1 Å². The first-order valence-corrected chi connectivity index (χ1v) is 10.6. The summed E-state index contributed by atoms with van der Waals surface area (Å²) in [5.74, 6) is 0.726. The van der Waals surface area contributed by atoms with Crippen LogP contribution in [-0.4, -0.2) is 5.91 Å². The first-order valence-electron chi connectivity index (χ1n) is 8.72. The van der Waals surface area contributed by atoms with Crippen molar-refractivity contribution in [3.8, 4) is 0 Å². The molecule has 136 valence electrons. The molecule has 0 spiro atoms. The van der Waals surface area contributed by atoms with Gasteiger partial charge in [-0.15, -0.1) is 11.8 Å². The molecule has 0 fully saturated rings. The maximum absolute atomic E-state index is 12.7. The quantitative estimate of drug-likeness (QED) is 0.385. The summed E-state index contributed by atoms with van der Waals surface area (Å²) in [6.07, 6.45) is 0. The van der Waals surface area contributed by atoms with Crippen LogP contribution < -0.4 is 5.32 Å². The fraction of sp³-hybridized carbons (Fsp3) is 0.0870. The number of hydrogen-bond donors (Lipinski definition) is 1. The zero-order valence-corrected chi connectivity index (χ0v) is 16.5. The van der Waals surface area contributed by atoms with E-state index < -0.39 is 0 Å². The number of amides is 1. The van der Waals surface area contributed by atoms with Crippen LogP contribution in [0.3, 0.4) is 0 Å². The molecule has 0 saturated heterocycles. The van der Waals surface area contributed by atoms with Crippen molar-refractivity contribution in [1.29, 1.82) is 0 Å². The Hall–Kier alpha value is -2.43. The highest BCUT2D eigenvalue weighted by Gasteiger charge is 2.11. The molecule has 2 nitrogen and oxygen atoms in total. The first-order chi connectivity index (χ1) is 13.3. The minimum atomic E-state index is -0.0387. The van der Waals surface area contributed by atoms with Gasteiger partial charge in [0.25, 0.3) is 5.91 Å². The lowest BCUT2D eigenvalue weighted by Gasteiger charge is -2.09. The molecule has 0 saturated carbocycles. The van der Waals surface area contributed by atoms with Crippen LogP contribution in [0.2, 0.25) is 0 Å². The van der Waals surface area contributed by atoms with E-state index in [-0.39, 0.29) is 5.91 Å². The van der Waals surface area contributed by atoms with Gasteiger partial charge < -0.3 is 5.32 Å². The highest BCUT2D eigenvalue weighted by Crippen LogP contribution is 2.28. The highest BCUT2D eigenvalue weighted by molar-refractivity contribution is 8.06. The molecular weight excluding hydrogens is 370 g/mol. The van der Waals surface area contributed by atoms with Gasteiger partial charge in [0, 0.05) is 17.2 Å². The Morgan fingerprint density at radius 3 is 1.96 bits per heavy atom. The molecule has 0 radical (unpaired) electrons. The third-order valence-corrected chi connectivity index (χ3v) is 5.94. The molecule has 1 N–H and O–H groups in total. The Morgan fingerprint density at radius 2 is 1.33 bits per heavy atom. The van der Waals surface area contributed by atoms with Crippen molar-refractivity contribution < 1.29 is 4.79 Å². The van der Waals surface area contributed by atoms with E-state index >= 15 is 0 Å². The summed E-state index contributed by atoms with van der Waals surface area (Å²) in [5.41, 5.74) is 2.29. The fourth-order valence-corrected chi connectivity index (χ4v) is 4.17. The molecule has 0 aliphatic rings. The molecule has 0 atom stereocenters. The summed E-state index contributed by atoms with van der Waals surface area (Å²) in [4.78, 5) is 14.6. The van der Waals surface area contributed by atoms with E-state index in [0.29, 0.717) is 6.54 Å². The molecule has 4 heteroatoms. The van der Waals surface area contributed by atoms with E-state index in [1.807, 2.05) is 84.3 Å². The second kappa shape index (κ2) is 10.7. The van der Waals surface area contributed by atoms with Crippen LogP contribution >= 0.6 is 23.5 Å². The molecule has 0 aromatic heterocycles. The molecule has 0 bridgehead atoms. The number of carbonyl (C=O) groups is 1. The van der Waals surface area contributed by atoms with Gasteiger partial charge in [-0.3, -0.25) is 4.79 Å². The van der Waals surface area contributed by atoms with Gasteiger partial charge in [-0.2, -0.15) is 0 Å². The van der Waals surface area contributed by atoms with Gasteiger partial charge in [0.15, 0.2) is 0 Å². The summed E-state index contributed by atoms with van der Waals surface area (Å²) in [7, 11) is 0. The normalized spacial score (nSPS) is 11.2. The Morgan fingerprint density at radius 1 is 0.778 bits per heavy atom. The predicted molar refractivity (Wildman–Crippen MR) is 116 cm³/mol. The number of carbonyl (C=O) groups excluding carboxylic acids is 1. The monoisotopic (exact) mass is 391 g/mol. The van der Waals surface area contributed by atoms with Crippen molar-refractivity contribution >= 4 is 29.4 Å². The molecule has 0 heterocycles. The molecule has 3 rings (SSSR count). The summed E-state index contributed by atoms with van der Waals surface area (Å²) in [6, 6.07) is 30.3. The standard InChI is InChI=1S/C23H21NOS2/c25-23(24-16-19-10-4-1-5-11-19)22(18-26-21-14-8-3-9-15-21)27-17-20-12-6-2-7-13-20/h1-15,18H,16-17H2,(H,24,25)/b22-18-. The Bertz CT molecular complexity index is 865. The second-order valence-corrected chi connectivity index (χ2v) is 7.82. The summed E-state index contributed by atoms with van der Waals surface area (Å²) < 4.78 is 0. The van der Waals surface area contributed by atoms with E-state index in [4.69, 9.17) is 0 Å². The van der Waals surface area contributed by atoms with Crippen LogP contribution in [-0.2, 0) is 17.1 Å². The van der Waals surface area contributed by atoms with Crippen LogP contribution in [0.25, 0.3) is 0 Å². The molecule has 0 aliphatic heterocycles. The predicted octanol–water partition coefficient (Wildman–Crippen LogP) is 5.87. The van der Waals surface area contributed by atoms with Crippen LogP contribution in [0.15, 0.2) is 106 Å². The van der Waals surface area contributed by atoms with Crippen molar-refractivity contribution in [2.45, 2.75) is 17.2 Å². The highest BCUT2D eigenvalue weighted by atomic mass is 32.2. The van der Waals surface area contributed by atoms with Crippen LogP contribution in [0, 0.1) is 0 Å². The van der Waals surface area contributed by atoms with E-state index in [9.17, 15) is 4.79 Å². The Kier molecular flexibility index (Phi) is 7.63. The molecule has 0 unspecified atom stereocenters. The lowest BCUT2D eigenvalue weighted by atomic mass is 10.2. The molecule has 27 heavy (non-hydrogen) atoms. The molecule has 3 aromatic carbocycles. The number of rotatable bonds is 8. The van der Waals surface area contributed by atoms with Gasteiger partial charge >= 0.3 is 0 Å². The average molecular weight is 392 g/mol. The van der Waals surface area contributed by atoms with E-state index in [2.05, 4.69) is 17.4 Å². The summed E-state index contributed by atoms with van der Waals surface area (Å²) >= 11 is 3.14. The zero-order chi connectivity index (χ0) is 18.7. The summed E-state index contributed by atoms with van der Waals surface area (Å²) in [5, 5.41) is 4.98. The fourth-order valence-electron chi connectivity index (χ4n) is 2.37. The van der Waals surface area contributed by atoms with Gasteiger partial charge in [-0.25, -0.2) is 0 Å². The van der Waals surface area contributed by atoms with Gasteiger partial charge in [0.05, 0.1) is 4.91 Å². The lowest BCUT2D eigenvalue weighted by molar-refractivity contribution is -0.116. The number of thioether (sulfide) groups is 2. The molecule has 3 aromatic rings. The minimum absolute atomic E-state index is 0.0387. The lowest BCUT2D eigenvalue weighted by Crippen LogP contribution is -2.23. The third kappa shape index (κ3) is 6.66. The largest absolute Gasteiger partial charge is 0.347 e. The molecule has 0 aliphatic carbocycles. The van der Waals surface area contributed by atoms with Gasteiger partial charge in [-0.1, -0.05) is 90.6 Å². The van der Waals surface area contributed by atoms with E-state index in [1.165, 1.54) is 5.56 Å². The van der Waals surface area contributed by atoms with Crippen molar-refractivity contribution in [1.82, 2.24) is 5.32 Å². The van der Waals surface area contributed by atoms with E-state index in [1.54, 1.807) is 23.5 Å². The second-order valence-electron chi connectivity index (χ2n) is 5.86. The Labute approximate surface area is 169 Å². The number of benzene rings is 3. The SMILES string of the molecule is O=C(NCc1ccccc1)/C(=C/Sc1ccccc1)SCc1ccccc1. The van der Waals surface area contributed by atoms with Gasteiger partial charge in [-0.05, 0) is 28.7 Å². The Balaban J connectivity index is 1.66. The summed E-state index contributed by atoms with van der Waals surface area (Å²) in [6.45, 7) is 0.527.